The quantitative estimate of drug-likeness (QED) is 0.793. The molecule has 0 radical (unpaired) electrons. The van der Waals surface area contributed by atoms with Crippen molar-refractivity contribution in [3.63, 3.8) is 0 Å². The molecule has 1 N–H and O–H groups in total. The van der Waals surface area contributed by atoms with Crippen molar-refractivity contribution in [3.05, 3.63) is 17.7 Å². The first-order valence-electron chi connectivity index (χ1n) is 7.73. The van der Waals surface area contributed by atoms with E-state index in [1.807, 2.05) is 6.20 Å². The number of rotatable bonds is 8. The van der Waals surface area contributed by atoms with E-state index in [0.29, 0.717) is 11.8 Å². The third-order valence-electron chi connectivity index (χ3n) is 3.38. The topological polar surface area (TPSA) is 41.1 Å². The van der Waals surface area contributed by atoms with Crippen molar-refractivity contribution in [3.8, 4) is 0 Å². The molecule has 1 heterocycles. The third-order valence-corrected chi connectivity index (χ3v) is 3.38. The van der Waals surface area contributed by atoms with E-state index in [9.17, 15) is 0 Å². The Labute approximate surface area is 124 Å². The van der Waals surface area contributed by atoms with E-state index in [2.05, 4.69) is 56.9 Å². The van der Waals surface area contributed by atoms with Gasteiger partial charge in [0, 0.05) is 26.1 Å². The second kappa shape index (κ2) is 8.20. The monoisotopic (exact) mass is 278 g/mol. The maximum atomic E-state index is 4.74. The molecule has 20 heavy (non-hydrogen) atoms. The minimum Gasteiger partial charge on any atom is -0.372 e. The van der Waals surface area contributed by atoms with Crippen molar-refractivity contribution >= 4 is 5.69 Å². The van der Waals surface area contributed by atoms with E-state index in [1.54, 1.807) is 0 Å². The summed E-state index contributed by atoms with van der Waals surface area (Å²) in [7, 11) is 2.13. The number of hydrogen-bond donors (Lipinski definition) is 1. The lowest BCUT2D eigenvalue weighted by Crippen LogP contribution is -2.24. The van der Waals surface area contributed by atoms with E-state index in [4.69, 9.17) is 4.98 Å². The van der Waals surface area contributed by atoms with Crippen LogP contribution in [0, 0.1) is 5.92 Å². The fraction of sp³-hybridized carbons (Fsp3) is 0.750. The molecule has 0 saturated heterocycles. The predicted octanol–water partition coefficient (Wildman–Crippen LogP) is 3.19. The lowest BCUT2D eigenvalue weighted by molar-refractivity contribution is 0.582. The van der Waals surface area contributed by atoms with Crippen molar-refractivity contribution < 1.29 is 0 Å². The van der Waals surface area contributed by atoms with Crippen LogP contribution in [0.1, 0.15) is 58.5 Å². The summed E-state index contributed by atoms with van der Waals surface area (Å²) in [5.74, 6) is 2.01. The summed E-state index contributed by atoms with van der Waals surface area (Å²) in [4.78, 5) is 11.5. The van der Waals surface area contributed by atoms with Gasteiger partial charge >= 0.3 is 0 Å². The van der Waals surface area contributed by atoms with Crippen LogP contribution in [0.5, 0.6) is 0 Å². The standard InChI is InChI=1S/C16H30N4/c1-7-17-10-14-15(20(6)9-8-12(2)3)11-18-16(19-14)13(4)5/h11-13,17H,7-10H2,1-6H3. The molecule has 114 valence electrons. The van der Waals surface area contributed by atoms with E-state index >= 15 is 0 Å². The van der Waals surface area contributed by atoms with E-state index in [0.717, 1.165) is 36.8 Å². The maximum absolute atomic E-state index is 4.74. The molecule has 0 aliphatic rings. The lowest BCUT2D eigenvalue weighted by atomic mass is 10.1. The van der Waals surface area contributed by atoms with Crippen LogP contribution in [0.2, 0.25) is 0 Å². The molecule has 0 amide bonds. The Hall–Kier alpha value is -1.16. The molecule has 0 atom stereocenters. The minimum atomic E-state index is 0.366. The molecule has 0 unspecified atom stereocenters. The molecule has 1 rings (SSSR count). The first kappa shape index (κ1) is 16.9. The smallest absolute Gasteiger partial charge is 0.131 e. The summed E-state index contributed by atoms with van der Waals surface area (Å²) >= 11 is 0. The number of hydrogen-bond acceptors (Lipinski definition) is 4. The van der Waals surface area contributed by atoms with Gasteiger partial charge in [-0.1, -0.05) is 34.6 Å². The van der Waals surface area contributed by atoms with E-state index in [1.165, 1.54) is 6.42 Å². The summed E-state index contributed by atoms with van der Waals surface area (Å²) in [6.45, 7) is 13.7. The molecule has 1 aromatic heterocycles. The van der Waals surface area contributed by atoms with Gasteiger partial charge in [-0.05, 0) is 18.9 Å². The van der Waals surface area contributed by atoms with Gasteiger partial charge in [0.25, 0.3) is 0 Å². The van der Waals surface area contributed by atoms with Gasteiger partial charge in [-0.2, -0.15) is 0 Å². The van der Waals surface area contributed by atoms with Gasteiger partial charge in [-0.15, -0.1) is 0 Å². The first-order valence-corrected chi connectivity index (χ1v) is 7.73. The zero-order chi connectivity index (χ0) is 15.1. The van der Waals surface area contributed by atoms with Gasteiger partial charge in [0.2, 0.25) is 0 Å². The highest BCUT2D eigenvalue weighted by Crippen LogP contribution is 2.20. The average Bonchev–Trinajstić information content (AvgIpc) is 2.42. The Bertz CT molecular complexity index is 401. The summed E-state index contributed by atoms with van der Waals surface area (Å²) in [6, 6.07) is 0. The normalized spacial score (nSPS) is 11.4. The molecule has 0 saturated carbocycles. The van der Waals surface area contributed by atoms with Crippen LogP contribution in [-0.2, 0) is 6.54 Å². The largest absolute Gasteiger partial charge is 0.372 e. The van der Waals surface area contributed by atoms with Crippen LogP contribution in [0.3, 0.4) is 0 Å². The number of nitrogens with one attached hydrogen (secondary N) is 1. The van der Waals surface area contributed by atoms with Gasteiger partial charge < -0.3 is 10.2 Å². The van der Waals surface area contributed by atoms with Crippen LogP contribution < -0.4 is 10.2 Å². The molecule has 0 fully saturated rings. The molecule has 0 aromatic carbocycles. The number of aromatic nitrogens is 2. The number of anilines is 1. The lowest BCUT2D eigenvalue weighted by Gasteiger charge is -2.23. The van der Waals surface area contributed by atoms with E-state index < -0.39 is 0 Å². The van der Waals surface area contributed by atoms with Gasteiger partial charge in [-0.25, -0.2) is 9.97 Å². The SMILES string of the molecule is CCNCc1nc(C(C)C)ncc1N(C)CCC(C)C. The summed E-state index contributed by atoms with van der Waals surface area (Å²) in [5, 5.41) is 3.37. The fourth-order valence-corrected chi connectivity index (χ4v) is 1.97. The molecule has 0 bridgehead atoms. The van der Waals surface area contributed by atoms with Crippen molar-refractivity contribution in [1.82, 2.24) is 15.3 Å². The van der Waals surface area contributed by atoms with Crippen molar-refractivity contribution in [2.75, 3.05) is 25.0 Å². The highest BCUT2D eigenvalue weighted by atomic mass is 15.1. The Morgan fingerprint density at radius 3 is 2.50 bits per heavy atom. The fourth-order valence-electron chi connectivity index (χ4n) is 1.97. The maximum Gasteiger partial charge on any atom is 0.131 e. The minimum absolute atomic E-state index is 0.366. The van der Waals surface area contributed by atoms with Crippen LogP contribution >= 0.6 is 0 Å². The summed E-state index contributed by atoms with van der Waals surface area (Å²) in [5.41, 5.74) is 2.26. The molecule has 0 aliphatic heterocycles. The second-order valence-corrected chi connectivity index (χ2v) is 6.10. The zero-order valence-corrected chi connectivity index (χ0v) is 13.9. The summed E-state index contributed by atoms with van der Waals surface area (Å²) in [6.07, 6.45) is 3.17. The van der Waals surface area contributed by atoms with Crippen molar-refractivity contribution in [2.24, 2.45) is 5.92 Å². The van der Waals surface area contributed by atoms with Crippen LogP contribution in [0.15, 0.2) is 6.20 Å². The molecule has 0 spiro atoms. The highest BCUT2D eigenvalue weighted by molar-refractivity contribution is 5.48. The molecule has 4 nitrogen and oxygen atoms in total. The van der Waals surface area contributed by atoms with Gasteiger partial charge in [-0.3, -0.25) is 0 Å². The zero-order valence-electron chi connectivity index (χ0n) is 13.9. The molecule has 4 heteroatoms. The first-order chi connectivity index (χ1) is 9.45. The predicted molar refractivity (Wildman–Crippen MR) is 86.2 cm³/mol. The Balaban J connectivity index is 2.91. The number of nitrogens with zero attached hydrogens (tertiary/aromatic N) is 3. The van der Waals surface area contributed by atoms with Gasteiger partial charge in [0.15, 0.2) is 0 Å². The highest BCUT2D eigenvalue weighted by Gasteiger charge is 2.13. The van der Waals surface area contributed by atoms with Crippen molar-refractivity contribution in [2.45, 2.75) is 53.5 Å². The van der Waals surface area contributed by atoms with Gasteiger partial charge in [0.1, 0.15) is 5.82 Å². The van der Waals surface area contributed by atoms with Crippen molar-refractivity contribution in [1.29, 1.82) is 0 Å². The molecule has 1 aromatic rings. The summed E-state index contributed by atoms with van der Waals surface area (Å²) < 4.78 is 0. The second-order valence-electron chi connectivity index (χ2n) is 6.10. The molecule has 0 aliphatic carbocycles. The van der Waals surface area contributed by atoms with Crippen LogP contribution in [0.25, 0.3) is 0 Å². The van der Waals surface area contributed by atoms with Gasteiger partial charge in [0.05, 0.1) is 17.6 Å². The molecular weight excluding hydrogens is 248 g/mol. The van der Waals surface area contributed by atoms with E-state index in [-0.39, 0.29) is 0 Å². The third kappa shape index (κ3) is 5.08. The van der Waals surface area contributed by atoms with Crippen LogP contribution in [-0.4, -0.2) is 30.1 Å². The van der Waals surface area contributed by atoms with Crippen LogP contribution in [0.4, 0.5) is 5.69 Å². The Morgan fingerprint density at radius 2 is 1.95 bits per heavy atom. The Morgan fingerprint density at radius 1 is 1.25 bits per heavy atom. The molecular formula is C16H30N4. The average molecular weight is 278 g/mol. The Kier molecular flexibility index (Phi) is 6.93.